The number of hydrogen-bond donors (Lipinski definition) is 0. The minimum absolute atomic E-state index is 0.628. The monoisotopic (exact) mass is 203 g/mol. The van der Waals surface area contributed by atoms with E-state index in [1.807, 2.05) is 0 Å². The fourth-order valence-corrected chi connectivity index (χ4v) is 2.43. The molecule has 0 saturated heterocycles. The van der Waals surface area contributed by atoms with Gasteiger partial charge in [0, 0.05) is 18.3 Å². The second-order valence-electron chi connectivity index (χ2n) is 4.75. The zero-order valence-corrected chi connectivity index (χ0v) is 10.1. The predicted molar refractivity (Wildman–Crippen MR) is 66.6 cm³/mol. The van der Waals surface area contributed by atoms with Crippen molar-refractivity contribution in [2.75, 3.05) is 11.4 Å². The molecule has 2 rings (SSSR count). The third-order valence-corrected chi connectivity index (χ3v) is 3.24. The third-order valence-electron chi connectivity index (χ3n) is 3.24. The van der Waals surface area contributed by atoms with Crippen molar-refractivity contribution in [2.24, 2.45) is 0 Å². The number of anilines is 1. The van der Waals surface area contributed by atoms with E-state index in [4.69, 9.17) is 0 Å². The van der Waals surface area contributed by atoms with Crippen molar-refractivity contribution >= 4 is 5.69 Å². The SMILES string of the molecule is CCCc1ccc2c(c1)N(C(C)C)CC2. The normalized spacial score (nSPS) is 14.8. The molecule has 0 aromatic heterocycles. The van der Waals surface area contributed by atoms with Gasteiger partial charge >= 0.3 is 0 Å². The molecule has 1 aliphatic heterocycles. The van der Waals surface area contributed by atoms with Crippen molar-refractivity contribution in [3.63, 3.8) is 0 Å². The van der Waals surface area contributed by atoms with Crippen LogP contribution in [0, 0.1) is 0 Å². The highest BCUT2D eigenvalue weighted by Gasteiger charge is 2.20. The molecule has 82 valence electrons. The lowest BCUT2D eigenvalue weighted by Crippen LogP contribution is -2.28. The second kappa shape index (κ2) is 4.26. The summed E-state index contributed by atoms with van der Waals surface area (Å²) < 4.78 is 0. The molecule has 15 heavy (non-hydrogen) atoms. The third kappa shape index (κ3) is 2.01. The molecule has 0 aliphatic carbocycles. The Morgan fingerprint density at radius 2 is 2.13 bits per heavy atom. The van der Waals surface area contributed by atoms with Gasteiger partial charge in [-0.15, -0.1) is 0 Å². The van der Waals surface area contributed by atoms with Crippen LogP contribution in [0.1, 0.15) is 38.3 Å². The fourth-order valence-electron chi connectivity index (χ4n) is 2.43. The first-order valence-electron chi connectivity index (χ1n) is 6.10. The Hall–Kier alpha value is -0.980. The Morgan fingerprint density at radius 3 is 2.80 bits per heavy atom. The van der Waals surface area contributed by atoms with Gasteiger partial charge in [-0.05, 0) is 43.9 Å². The highest BCUT2D eigenvalue weighted by Crippen LogP contribution is 2.30. The van der Waals surface area contributed by atoms with Gasteiger partial charge in [0.2, 0.25) is 0 Å². The molecule has 0 radical (unpaired) electrons. The van der Waals surface area contributed by atoms with Crippen LogP contribution >= 0.6 is 0 Å². The quantitative estimate of drug-likeness (QED) is 0.727. The number of nitrogens with zero attached hydrogens (tertiary/aromatic N) is 1. The van der Waals surface area contributed by atoms with E-state index in [2.05, 4.69) is 43.9 Å². The summed E-state index contributed by atoms with van der Waals surface area (Å²) in [6.45, 7) is 8.00. The summed E-state index contributed by atoms with van der Waals surface area (Å²) in [7, 11) is 0. The zero-order chi connectivity index (χ0) is 10.8. The molecule has 0 spiro atoms. The van der Waals surface area contributed by atoms with Gasteiger partial charge in [0.15, 0.2) is 0 Å². The van der Waals surface area contributed by atoms with Gasteiger partial charge in [-0.1, -0.05) is 25.5 Å². The second-order valence-corrected chi connectivity index (χ2v) is 4.75. The lowest BCUT2D eigenvalue weighted by molar-refractivity contribution is 0.710. The van der Waals surface area contributed by atoms with Crippen LogP contribution in [-0.2, 0) is 12.8 Å². The highest BCUT2D eigenvalue weighted by atomic mass is 15.2. The van der Waals surface area contributed by atoms with Crippen LogP contribution in [0.5, 0.6) is 0 Å². The average Bonchev–Trinajstić information content (AvgIpc) is 2.61. The van der Waals surface area contributed by atoms with E-state index in [1.54, 1.807) is 0 Å². The van der Waals surface area contributed by atoms with Crippen molar-refractivity contribution in [3.8, 4) is 0 Å². The summed E-state index contributed by atoms with van der Waals surface area (Å²) >= 11 is 0. The molecule has 1 aromatic carbocycles. The van der Waals surface area contributed by atoms with Gasteiger partial charge in [-0.2, -0.15) is 0 Å². The summed E-state index contributed by atoms with van der Waals surface area (Å²) in [5.74, 6) is 0. The highest BCUT2D eigenvalue weighted by molar-refractivity contribution is 5.60. The van der Waals surface area contributed by atoms with Crippen molar-refractivity contribution in [3.05, 3.63) is 29.3 Å². The van der Waals surface area contributed by atoms with E-state index in [1.165, 1.54) is 42.6 Å². The minimum Gasteiger partial charge on any atom is -0.369 e. The molecular weight excluding hydrogens is 182 g/mol. The van der Waals surface area contributed by atoms with Crippen LogP contribution in [0.2, 0.25) is 0 Å². The van der Waals surface area contributed by atoms with Crippen molar-refractivity contribution in [1.29, 1.82) is 0 Å². The maximum atomic E-state index is 2.52. The van der Waals surface area contributed by atoms with Gasteiger partial charge in [-0.25, -0.2) is 0 Å². The molecule has 0 fully saturated rings. The Morgan fingerprint density at radius 1 is 1.33 bits per heavy atom. The van der Waals surface area contributed by atoms with Crippen LogP contribution in [0.15, 0.2) is 18.2 Å². The topological polar surface area (TPSA) is 3.24 Å². The zero-order valence-electron chi connectivity index (χ0n) is 10.1. The average molecular weight is 203 g/mol. The molecule has 0 bridgehead atoms. The van der Waals surface area contributed by atoms with Gasteiger partial charge in [0.05, 0.1) is 0 Å². The smallest absolute Gasteiger partial charge is 0.0404 e. The lowest BCUT2D eigenvalue weighted by Gasteiger charge is -2.24. The van der Waals surface area contributed by atoms with Crippen LogP contribution in [0.3, 0.4) is 0 Å². The molecule has 1 nitrogen and oxygen atoms in total. The number of benzene rings is 1. The van der Waals surface area contributed by atoms with Crippen LogP contribution in [-0.4, -0.2) is 12.6 Å². The summed E-state index contributed by atoms with van der Waals surface area (Å²) in [6.07, 6.45) is 3.67. The van der Waals surface area contributed by atoms with Crippen LogP contribution < -0.4 is 4.90 Å². The summed E-state index contributed by atoms with van der Waals surface area (Å²) in [6, 6.07) is 7.64. The fraction of sp³-hybridized carbons (Fsp3) is 0.571. The van der Waals surface area contributed by atoms with Crippen molar-refractivity contribution < 1.29 is 0 Å². The minimum atomic E-state index is 0.628. The Balaban J connectivity index is 2.29. The molecular formula is C14H21N. The van der Waals surface area contributed by atoms with E-state index in [0.717, 1.165) is 0 Å². The number of hydrogen-bond acceptors (Lipinski definition) is 1. The number of rotatable bonds is 3. The first-order valence-corrected chi connectivity index (χ1v) is 6.10. The Labute approximate surface area is 93.1 Å². The van der Waals surface area contributed by atoms with Gasteiger partial charge in [0.25, 0.3) is 0 Å². The van der Waals surface area contributed by atoms with Gasteiger partial charge in [-0.3, -0.25) is 0 Å². The molecule has 1 aliphatic rings. The van der Waals surface area contributed by atoms with Crippen molar-refractivity contribution in [2.45, 2.75) is 46.1 Å². The molecule has 0 N–H and O–H groups in total. The molecule has 1 aromatic rings. The van der Waals surface area contributed by atoms with E-state index in [0.29, 0.717) is 6.04 Å². The maximum Gasteiger partial charge on any atom is 0.0404 e. The molecule has 0 unspecified atom stereocenters. The van der Waals surface area contributed by atoms with E-state index in [9.17, 15) is 0 Å². The maximum absolute atomic E-state index is 2.52. The van der Waals surface area contributed by atoms with Crippen molar-refractivity contribution in [1.82, 2.24) is 0 Å². The molecule has 1 heterocycles. The van der Waals surface area contributed by atoms with Crippen LogP contribution in [0.25, 0.3) is 0 Å². The molecule has 0 amide bonds. The van der Waals surface area contributed by atoms with E-state index < -0.39 is 0 Å². The lowest BCUT2D eigenvalue weighted by atomic mass is 10.1. The van der Waals surface area contributed by atoms with Gasteiger partial charge < -0.3 is 4.90 Å². The summed E-state index contributed by atoms with van der Waals surface area (Å²) in [4.78, 5) is 2.52. The molecule has 1 heteroatoms. The number of aryl methyl sites for hydroxylation is 1. The van der Waals surface area contributed by atoms with Gasteiger partial charge in [0.1, 0.15) is 0 Å². The largest absolute Gasteiger partial charge is 0.369 e. The summed E-state index contributed by atoms with van der Waals surface area (Å²) in [5, 5.41) is 0. The standard InChI is InChI=1S/C14H21N/c1-4-5-12-6-7-13-8-9-15(11(2)3)14(13)10-12/h6-7,10-11H,4-5,8-9H2,1-3H3. The first kappa shape index (κ1) is 10.5. The molecule has 0 atom stereocenters. The van der Waals surface area contributed by atoms with Crippen LogP contribution in [0.4, 0.5) is 5.69 Å². The predicted octanol–water partition coefficient (Wildman–Crippen LogP) is 3.41. The van der Waals surface area contributed by atoms with E-state index >= 15 is 0 Å². The molecule has 0 saturated carbocycles. The van der Waals surface area contributed by atoms with E-state index in [-0.39, 0.29) is 0 Å². The summed E-state index contributed by atoms with van der Waals surface area (Å²) in [5.41, 5.74) is 4.50. The Bertz CT molecular complexity index is 341. The first-order chi connectivity index (χ1) is 7.22. The Kier molecular flexibility index (Phi) is 2.99. The number of fused-ring (bicyclic) bond motifs is 1.